The summed E-state index contributed by atoms with van der Waals surface area (Å²) in [4.78, 5) is 24.6. The normalized spacial score (nSPS) is 19.3. The highest BCUT2D eigenvalue weighted by Crippen LogP contribution is 2.18. The van der Waals surface area contributed by atoms with E-state index in [1.54, 1.807) is 0 Å². The van der Waals surface area contributed by atoms with Crippen molar-refractivity contribution in [3.8, 4) is 0 Å². The summed E-state index contributed by atoms with van der Waals surface area (Å²) in [6, 6.07) is -0.467. The predicted octanol–water partition coefficient (Wildman–Crippen LogP) is -1.02. The summed E-state index contributed by atoms with van der Waals surface area (Å²) < 4.78 is 4.64. The van der Waals surface area contributed by atoms with Gasteiger partial charge in [0.1, 0.15) is 6.04 Å². The van der Waals surface area contributed by atoms with Crippen LogP contribution in [0, 0.1) is 0 Å². The Hall–Kier alpha value is -1.37. The average Bonchev–Trinajstić information content (AvgIpc) is 2.73. The number of hydrogen-bond acceptors (Lipinski definition) is 4. The molecule has 0 radical (unpaired) electrons. The zero-order valence-corrected chi connectivity index (χ0v) is 9.88. The maximum absolute atomic E-state index is 11.7. The molecule has 1 rings (SSSR count). The Balaban J connectivity index is 2.54. The molecule has 6 nitrogen and oxygen atoms in total. The van der Waals surface area contributed by atoms with Crippen molar-refractivity contribution in [2.75, 3.05) is 20.2 Å². The molecule has 16 heavy (non-hydrogen) atoms. The lowest BCUT2D eigenvalue weighted by molar-refractivity contribution is -0.150. The van der Waals surface area contributed by atoms with E-state index in [1.165, 1.54) is 12.0 Å². The van der Waals surface area contributed by atoms with Crippen LogP contribution >= 0.6 is 12.2 Å². The fraction of sp³-hybridized carbons (Fsp3) is 0.667. The van der Waals surface area contributed by atoms with Crippen LogP contribution in [0.2, 0.25) is 0 Å². The first-order chi connectivity index (χ1) is 7.56. The van der Waals surface area contributed by atoms with Crippen LogP contribution < -0.4 is 11.1 Å². The molecule has 0 bridgehead atoms. The maximum Gasteiger partial charge on any atom is 0.328 e. The van der Waals surface area contributed by atoms with Crippen LogP contribution in [0.4, 0.5) is 0 Å². The highest BCUT2D eigenvalue weighted by atomic mass is 32.1. The van der Waals surface area contributed by atoms with Gasteiger partial charge in [0.05, 0.1) is 13.7 Å². The molecule has 0 aromatic rings. The molecule has 0 unspecified atom stereocenters. The highest BCUT2D eigenvalue weighted by molar-refractivity contribution is 7.80. The van der Waals surface area contributed by atoms with Gasteiger partial charge in [-0.2, -0.15) is 0 Å². The molecule has 0 aromatic carbocycles. The van der Waals surface area contributed by atoms with E-state index in [9.17, 15) is 9.59 Å². The van der Waals surface area contributed by atoms with Crippen molar-refractivity contribution in [1.29, 1.82) is 0 Å². The first-order valence-electron chi connectivity index (χ1n) is 4.97. The summed E-state index contributed by atoms with van der Waals surface area (Å²) in [7, 11) is 1.32. The van der Waals surface area contributed by atoms with Gasteiger partial charge in [-0.15, -0.1) is 0 Å². The number of ether oxygens (including phenoxy) is 1. The highest BCUT2D eigenvalue weighted by Gasteiger charge is 2.34. The molecule has 1 amide bonds. The molecule has 0 aromatic heterocycles. The van der Waals surface area contributed by atoms with Crippen molar-refractivity contribution in [2.45, 2.75) is 18.9 Å². The van der Waals surface area contributed by atoms with Gasteiger partial charge < -0.3 is 20.7 Å². The fourth-order valence-corrected chi connectivity index (χ4v) is 1.78. The smallest absolute Gasteiger partial charge is 0.328 e. The Bertz CT molecular complexity index is 308. The molecular weight excluding hydrogens is 230 g/mol. The second kappa shape index (κ2) is 5.64. The quantitative estimate of drug-likeness (QED) is 0.489. The third-order valence-electron chi connectivity index (χ3n) is 2.46. The molecule has 0 aliphatic carbocycles. The number of likely N-dealkylation sites (tertiary alicyclic amines) is 1. The Morgan fingerprint density at radius 3 is 2.88 bits per heavy atom. The van der Waals surface area contributed by atoms with E-state index >= 15 is 0 Å². The van der Waals surface area contributed by atoms with Gasteiger partial charge in [-0.05, 0) is 25.1 Å². The largest absolute Gasteiger partial charge is 0.467 e. The average molecular weight is 245 g/mol. The van der Waals surface area contributed by atoms with E-state index in [4.69, 9.17) is 5.73 Å². The predicted molar refractivity (Wildman–Crippen MR) is 61.5 cm³/mol. The summed E-state index contributed by atoms with van der Waals surface area (Å²) in [5.74, 6) is -0.568. The SMILES string of the molecule is COC(=O)[C@@H]1CCCN1C(=O)CNC(N)=S. The van der Waals surface area contributed by atoms with E-state index < -0.39 is 6.04 Å². The summed E-state index contributed by atoms with van der Waals surface area (Å²) in [5.41, 5.74) is 5.22. The minimum absolute atomic E-state index is 0.0167. The number of rotatable bonds is 3. The first kappa shape index (κ1) is 12.7. The van der Waals surface area contributed by atoms with Gasteiger partial charge in [0.15, 0.2) is 5.11 Å². The Kier molecular flexibility index (Phi) is 4.48. The van der Waals surface area contributed by atoms with Gasteiger partial charge in [0.2, 0.25) is 5.91 Å². The zero-order chi connectivity index (χ0) is 12.1. The molecule has 1 aliphatic rings. The lowest BCUT2D eigenvalue weighted by Gasteiger charge is -2.22. The van der Waals surface area contributed by atoms with Gasteiger partial charge in [0, 0.05) is 6.54 Å². The molecule has 3 N–H and O–H groups in total. The Morgan fingerprint density at radius 1 is 1.62 bits per heavy atom. The van der Waals surface area contributed by atoms with Gasteiger partial charge in [-0.3, -0.25) is 4.79 Å². The van der Waals surface area contributed by atoms with Gasteiger partial charge in [0.25, 0.3) is 0 Å². The third-order valence-corrected chi connectivity index (χ3v) is 2.60. The van der Waals surface area contributed by atoms with Gasteiger partial charge in [-0.1, -0.05) is 0 Å². The minimum Gasteiger partial charge on any atom is -0.467 e. The number of carbonyl (C=O) groups excluding carboxylic acids is 2. The molecule has 0 saturated carbocycles. The molecule has 0 spiro atoms. The third kappa shape index (κ3) is 3.06. The Labute approximate surface area is 99.1 Å². The number of methoxy groups -OCH3 is 1. The lowest BCUT2D eigenvalue weighted by atomic mass is 10.2. The van der Waals surface area contributed by atoms with E-state index in [-0.39, 0.29) is 23.5 Å². The number of amides is 1. The molecule has 1 fully saturated rings. The number of nitrogens with two attached hydrogens (primary N) is 1. The molecule has 1 heterocycles. The number of nitrogens with zero attached hydrogens (tertiary/aromatic N) is 1. The summed E-state index contributed by atoms with van der Waals surface area (Å²) in [6.07, 6.45) is 1.45. The van der Waals surface area contributed by atoms with E-state index in [1.807, 2.05) is 0 Å². The van der Waals surface area contributed by atoms with Crippen molar-refractivity contribution in [3.63, 3.8) is 0 Å². The van der Waals surface area contributed by atoms with Crippen molar-refractivity contribution in [2.24, 2.45) is 5.73 Å². The van der Waals surface area contributed by atoms with Crippen molar-refractivity contribution in [3.05, 3.63) is 0 Å². The van der Waals surface area contributed by atoms with Crippen LogP contribution in [0.1, 0.15) is 12.8 Å². The van der Waals surface area contributed by atoms with E-state index in [2.05, 4.69) is 22.3 Å². The fourth-order valence-electron chi connectivity index (χ4n) is 1.71. The van der Waals surface area contributed by atoms with E-state index in [0.29, 0.717) is 13.0 Å². The maximum atomic E-state index is 11.7. The number of thiocarbonyl (C=S) groups is 1. The summed E-state index contributed by atoms with van der Waals surface area (Å²) in [6.45, 7) is 0.584. The number of hydrogen-bond donors (Lipinski definition) is 2. The Morgan fingerprint density at radius 2 is 2.31 bits per heavy atom. The van der Waals surface area contributed by atoms with E-state index in [0.717, 1.165) is 6.42 Å². The van der Waals surface area contributed by atoms with Crippen molar-refractivity contribution in [1.82, 2.24) is 10.2 Å². The number of carbonyl (C=O) groups is 2. The standard InChI is InChI=1S/C9H15N3O3S/c1-15-8(14)6-3-2-4-12(6)7(13)5-11-9(10)16/h6H,2-5H2,1H3,(H3,10,11,16)/t6-/m0/s1. The topological polar surface area (TPSA) is 84.7 Å². The summed E-state index contributed by atoms with van der Waals surface area (Å²) in [5, 5.41) is 2.64. The molecule has 7 heteroatoms. The molecular formula is C9H15N3O3S. The minimum atomic E-state index is -0.467. The van der Waals surface area contributed by atoms with Crippen LogP contribution in [0.15, 0.2) is 0 Å². The van der Waals surface area contributed by atoms with Crippen LogP contribution in [-0.4, -0.2) is 48.1 Å². The zero-order valence-electron chi connectivity index (χ0n) is 9.06. The van der Waals surface area contributed by atoms with Gasteiger partial charge in [-0.25, -0.2) is 4.79 Å². The molecule has 1 atom stereocenters. The molecule has 1 aliphatic heterocycles. The van der Waals surface area contributed by atoms with Gasteiger partial charge >= 0.3 is 5.97 Å². The number of esters is 1. The first-order valence-corrected chi connectivity index (χ1v) is 5.37. The second-order valence-corrected chi connectivity index (χ2v) is 3.93. The van der Waals surface area contributed by atoms with Crippen molar-refractivity contribution >= 4 is 29.2 Å². The monoisotopic (exact) mass is 245 g/mol. The van der Waals surface area contributed by atoms with Crippen LogP contribution in [-0.2, 0) is 14.3 Å². The summed E-state index contributed by atoms with van der Waals surface area (Å²) >= 11 is 4.60. The van der Waals surface area contributed by atoms with Crippen LogP contribution in [0.5, 0.6) is 0 Å². The lowest BCUT2D eigenvalue weighted by Crippen LogP contribution is -2.46. The van der Waals surface area contributed by atoms with Crippen LogP contribution in [0.3, 0.4) is 0 Å². The molecule has 1 saturated heterocycles. The number of nitrogens with one attached hydrogen (secondary N) is 1. The molecule has 90 valence electrons. The van der Waals surface area contributed by atoms with Crippen molar-refractivity contribution < 1.29 is 14.3 Å². The van der Waals surface area contributed by atoms with Crippen LogP contribution in [0.25, 0.3) is 0 Å². The second-order valence-electron chi connectivity index (χ2n) is 3.49.